The molecule has 1 rings (SSSR count). The van der Waals surface area contributed by atoms with Crippen molar-refractivity contribution >= 4 is 6.29 Å². The monoisotopic (exact) mass is 252 g/mol. The summed E-state index contributed by atoms with van der Waals surface area (Å²) in [6.07, 6.45) is 8.32. The molecule has 0 saturated heterocycles. The molecule has 1 fully saturated rings. The van der Waals surface area contributed by atoms with Gasteiger partial charge in [-0.2, -0.15) is 0 Å². The zero-order valence-electron chi connectivity index (χ0n) is 13.3. The second-order valence-electron chi connectivity index (χ2n) is 8.93. The van der Waals surface area contributed by atoms with Crippen LogP contribution in [0.25, 0.3) is 0 Å². The first kappa shape index (κ1) is 15.7. The first-order chi connectivity index (χ1) is 8.05. The van der Waals surface area contributed by atoms with E-state index < -0.39 is 0 Å². The predicted octanol–water partition coefficient (Wildman–Crippen LogP) is 5.23. The van der Waals surface area contributed by atoms with E-state index in [4.69, 9.17) is 0 Å². The largest absolute Gasteiger partial charge is 0.303 e. The van der Waals surface area contributed by atoms with Crippen LogP contribution in [-0.2, 0) is 4.79 Å². The van der Waals surface area contributed by atoms with Gasteiger partial charge in [0.1, 0.15) is 6.29 Å². The molecule has 0 spiro atoms. The Balaban J connectivity index is 2.57. The van der Waals surface area contributed by atoms with Crippen molar-refractivity contribution in [1.82, 2.24) is 0 Å². The molecule has 0 aliphatic heterocycles. The molecule has 106 valence electrons. The summed E-state index contributed by atoms with van der Waals surface area (Å²) in [5, 5.41) is 0. The van der Waals surface area contributed by atoms with Crippen LogP contribution in [0.15, 0.2) is 0 Å². The lowest BCUT2D eigenvalue weighted by atomic mass is 9.63. The molecular formula is C17H32O. The second-order valence-corrected chi connectivity index (χ2v) is 8.93. The summed E-state index contributed by atoms with van der Waals surface area (Å²) in [7, 11) is 0. The Labute approximate surface area is 114 Å². The molecule has 1 heteroatoms. The van der Waals surface area contributed by atoms with Crippen molar-refractivity contribution in [2.24, 2.45) is 22.2 Å². The molecule has 18 heavy (non-hydrogen) atoms. The summed E-state index contributed by atoms with van der Waals surface area (Å²) >= 11 is 0. The fourth-order valence-corrected chi connectivity index (χ4v) is 3.72. The minimum Gasteiger partial charge on any atom is -0.303 e. The zero-order valence-corrected chi connectivity index (χ0v) is 13.3. The molecule has 0 radical (unpaired) electrons. The Morgan fingerprint density at radius 3 is 1.83 bits per heavy atom. The number of hydrogen-bond donors (Lipinski definition) is 0. The average Bonchev–Trinajstić information content (AvgIpc) is 2.17. The number of carbonyl (C=O) groups excluding carboxylic acids is 1. The van der Waals surface area contributed by atoms with Crippen LogP contribution in [0.1, 0.15) is 80.1 Å². The molecule has 1 saturated carbocycles. The third-order valence-corrected chi connectivity index (χ3v) is 4.13. The van der Waals surface area contributed by atoms with Crippen LogP contribution in [0.2, 0.25) is 0 Å². The number of hydrogen-bond acceptors (Lipinski definition) is 1. The zero-order chi connectivity index (χ0) is 14.0. The summed E-state index contributed by atoms with van der Waals surface area (Å²) in [5.41, 5.74) is 0.667. The summed E-state index contributed by atoms with van der Waals surface area (Å²) in [6, 6.07) is 0. The maximum absolute atomic E-state index is 11.6. The van der Waals surface area contributed by atoms with Gasteiger partial charge in [0.05, 0.1) is 0 Å². The van der Waals surface area contributed by atoms with Crippen LogP contribution in [0.4, 0.5) is 0 Å². The Kier molecular flexibility index (Phi) is 4.67. The van der Waals surface area contributed by atoms with Gasteiger partial charge in [-0.15, -0.1) is 0 Å². The summed E-state index contributed by atoms with van der Waals surface area (Å²) in [6.45, 7) is 13.7. The average molecular weight is 252 g/mol. The quantitative estimate of drug-likeness (QED) is 0.628. The minimum atomic E-state index is -0.0212. The summed E-state index contributed by atoms with van der Waals surface area (Å²) in [5.74, 6) is 0.832. The van der Waals surface area contributed by atoms with Crippen LogP contribution < -0.4 is 0 Å². The lowest BCUT2D eigenvalue weighted by molar-refractivity contribution is -0.120. The molecule has 0 aromatic carbocycles. The third kappa shape index (κ3) is 5.12. The van der Waals surface area contributed by atoms with E-state index in [-0.39, 0.29) is 10.8 Å². The van der Waals surface area contributed by atoms with Crippen molar-refractivity contribution < 1.29 is 4.79 Å². The Bertz CT molecular complexity index is 269. The highest BCUT2D eigenvalue weighted by Gasteiger charge is 2.38. The van der Waals surface area contributed by atoms with E-state index >= 15 is 0 Å². The third-order valence-electron chi connectivity index (χ3n) is 4.13. The molecule has 1 nitrogen and oxygen atoms in total. The SMILES string of the molecule is CC(C)(C)CC1CCC(C=O)(CC(C)(C)C)CC1. The van der Waals surface area contributed by atoms with Gasteiger partial charge in [0.15, 0.2) is 0 Å². The Morgan fingerprint density at radius 2 is 1.50 bits per heavy atom. The van der Waals surface area contributed by atoms with Crippen molar-refractivity contribution in [3.8, 4) is 0 Å². The van der Waals surface area contributed by atoms with Crippen molar-refractivity contribution in [3.63, 3.8) is 0 Å². The van der Waals surface area contributed by atoms with E-state index in [0.717, 1.165) is 25.2 Å². The molecule has 1 aliphatic carbocycles. The van der Waals surface area contributed by atoms with Gasteiger partial charge in [-0.05, 0) is 55.3 Å². The van der Waals surface area contributed by atoms with E-state index in [9.17, 15) is 4.79 Å². The lowest BCUT2D eigenvalue weighted by Gasteiger charge is -2.41. The Morgan fingerprint density at radius 1 is 1.00 bits per heavy atom. The second kappa shape index (κ2) is 5.35. The normalized spacial score (nSPS) is 30.2. The highest BCUT2D eigenvalue weighted by molar-refractivity contribution is 5.59. The fraction of sp³-hybridized carbons (Fsp3) is 0.941. The van der Waals surface area contributed by atoms with Crippen molar-refractivity contribution in [1.29, 1.82) is 0 Å². The highest BCUT2D eigenvalue weighted by atomic mass is 16.1. The van der Waals surface area contributed by atoms with Crippen LogP contribution in [-0.4, -0.2) is 6.29 Å². The molecule has 0 aromatic rings. The molecule has 0 amide bonds. The number of rotatable bonds is 3. The van der Waals surface area contributed by atoms with E-state index in [1.165, 1.54) is 25.5 Å². The van der Waals surface area contributed by atoms with Gasteiger partial charge in [-0.1, -0.05) is 41.5 Å². The molecular weight excluding hydrogens is 220 g/mol. The maximum atomic E-state index is 11.6. The molecule has 0 heterocycles. The first-order valence-electron chi connectivity index (χ1n) is 7.52. The number of aldehydes is 1. The standard InChI is InChI=1S/C17H32O/c1-15(2,3)11-14-7-9-17(13-18,10-8-14)12-16(4,5)6/h13-14H,7-12H2,1-6H3. The van der Waals surface area contributed by atoms with Crippen molar-refractivity contribution in [2.75, 3.05) is 0 Å². The van der Waals surface area contributed by atoms with Gasteiger partial charge >= 0.3 is 0 Å². The van der Waals surface area contributed by atoms with E-state index in [1.807, 2.05) is 0 Å². The van der Waals surface area contributed by atoms with Crippen LogP contribution in [0.5, 0.6) is 0 Å². The summed E-state index contributed by atoms with van der Waals surface area (Å²) < 4.78 is 0. The highest BCUT2D eigenvalue weighted by Crippen LogP contribution is 2.47. The van der Waals surface area contributed by atoms with Crippen molar-refractivity contribution in [3.05, 3.63) is 0 Å². The van der Waals surface area contributed by atoms with Crippen LogP contribution >= 0.6 is 0 Å². The summed E-state index contributed by atoms with van der Waals surface area (Å²) in [4.78, 5) is 11.6. The van der Waals surface area contributed by atoms with Gasteiger partial charge < -0.3 is 4.79 Å². The molecule has 0 aromatic heterocycles. The fourth-order valence-electron chi connectivity index (χ4n) is 3.72. The van der Waals surface area contributed by atoms with Gasteiger partial charge in [0, 0.05) is 5.41 Å². The smallest absolute Gasteiger partial charge is 0.126 e. The van der Waals surface area contributed by atoms with Gasteiger partial charge in [0.2, 0.25) is 0 Å². The molecule has 1 aliphatic rings. The van der Waals surface area contributed by atoms with Crippen molar-refractivity contribution in [2.45, 2.75) is 80.1 Å². The maximum Gasteiger partial charge on any atom is 0.126 e. The molecule has 0 bridgehead atoms. The molecule has 0 N–H and O–H groups in total. The Hall–Kier alpha value is -0.330. The minimum absolute atomic E-state index is 0.0212. The molecule has 0 atom stereocenters. The predicted molar refractivity (Wildman–Crippen MR) is 78.6 cm³/mol. The van der Waals surface area contributed by atoms with Crippen LogP contribution in [0.3, 0.4) is 0 Å². The lowest BCUT2D eigenvalue weighted by Crippen LogP contribution is -2.34. The molecule has 0 unspecified atom stereocenters. The topological polar surface area (TPSA) is 17.1 Å². The van der Waals surface area contributed by atoms with E-state index in [1.54, 1.807) is 0 Å². The number of carbonyl (C=O) groups is 1. The first-order valence-corrected chi connectivity index (χ1v) is 7.52. The van der Waals surface area contributed by atoms with E-state index in [2.05, 4.69) is 41.5 Å². The van der Waals surface area contributed by atoms with E-state index in [0.29, 0.717) is 5.41 Å². The van der Waals surface area contributed by atoms with Gasteiger partial charge in [-0.25, -0.2) is 0 Å². The van der Waals surface area contributed by atoms with Crippen LogP contribution in [0, 0.1) is 22.2 Å². The van der Waals surface area contributed by atoms with Gasteiger partial charge in [-0.3, -0.25) is 0 Å². The van der Waals surface area contributed by atoms with Gasteiger partial charge in [0.25, 0.3) is 0 Å².